The van der Waals surface area contributed by atoms with E-state index in [0.717, 1.165) is 90.0 Å². The van der Waals surface area contributed by atoms with E-state index in [1.807, 2.05) is 17.0 Å². The monoisotopic (exact) mass is 951 g/mol. The quantitative estimate of drug-likeness (QED) is 0.180. The number of likely N-dealkylation sites (tertiary alicyclic amines) is 1. The molecular weight excluding hydrogens is 888 g/mol. The second kappa shape index (κ2) is 22.0. The Balaban J connectivity index is 0.714. The number of fused-ring (bicyclic) bond motifs is 1. The standard InChI is InChI=1S/C52H64F3N9O5/c53-43-13-12-35(28-46-38-10-4-5-11-39(38)50(67)59-58-46)27-42(43)51(68)63-25-23-62(24-26-63)47(65)33-60-17-14-34(15-18-60)32-61-19-21-64(22-20-61)52(69)48(36-7-2-1-3-8-36)57-49(66)41-29-40(44(54)30-45(41)55)37-9-6-16-56-31-37/h4-5,10-13,27,29-30,34,36-37,48,56H,1-3,6-9,14-26,28,31-33H2,(H,57,66)(H,59,67)/t37?,48-/m1/s1. The molecule has 9 rings (SSSR count). The van der Waals surface area contributed by atoms with Gasteiger partial charge in [0.15, 0.2) is 0 Å². The smallest absolute Gasteiger partial charge is 0.272 e. The summed E-state index contributed by atoms with van der Waals surface area (Å²) in [7, 11) is 0. The first kappa shape index (κ1) is 48.4. The summed E-state index contributed by atoms with van der Waals surface area (Å²) in [4.78, 5) is 77.1. The number of hydrogen-bond acceptors (Lipinski definition) is 9. The van der Waals surface area contributed by atoms with Crippen LogP contribution in [0.15, 0.2) is 59.4 Å². The molecule has 4 saturated heterocycles. The van der Waals surface area contributed by atoms with Crippen molar-refractivity contribution >= 4 is 34.4 Å². The van der Waals surface area contributed by atoms with E-state index in [9.17, 15) is 28.4 Å². The van der Waals surface area contributed by atoms with E-state index < -0.39 is 35.3 Å². The van der Waals surface area contributed by atoms with E-state index in [1.54, 1.807) is 34.1 Å². The predicted molar refractivity (Wildman–Crippen MR) is 255 cm³/mol. The van der Waals surface area contributed by atoms with Gasteiger partial charge in [0, 0.05) is 83.3 Å². The molecule has 1 aromatic heterocycles. The highest BCUT2D eigenvalue weighted by molar-refractivity contribution is 5.98. The van der Waals surface area contributed by atoms with Crippen molar-refractivity contribution in [2.45, 2.75) is 76.2 Å². The van der Waals surface area contributed by atoms with Crippen molar-refractivity contribution in [2.24, 2.45) is 11.8 Å². The predicted octanol–water partition coefficient (Wildman–Crippen LogP) is 4.92. The number of piperazine rings is 2. The Bertz CT molecular complexity index is 2560. The maximum absolute atomic E-state index is 15.2. The summed E-state index contributed by atoms with van der Waals surface area (Å²) in [5.41, 5.74) is 1.09. The van der Waals surface area contributed by atoms with Crippen molar-refractivity contribution in [1.29, 1.82) is 0 Å². The highest BCUT2D eigenvalue weighted by Gasteiger charge is 2.37. The number of nitrogens with zero attached hydrogens (tertiary/aromatic N) is 6. The molecule has 3 N–H and O–H groups in total. The highest BCUT2D eigenvalue weighted by Crippen LogP contribution is 2.31. The third kappa shape index (κ3) is 11.4. The lowest BCUT2D eigenvalue weighted by Gasteiger charge is -2.41. The summed E-state index contributed by atoms with van der Waals surface area (Å²) < 4.78 is 45.2. The number of halogens is 3. The molecule has 5 aliphatic rings. The minimum atomic E-state index is -0.921. The largest absolute Gasteiger partial charge is 0.340 e. The first-order chi connectivity index (χ1) is 33.5. The van der Waals surface area contributed by atoms with Gasteiger partial charge in [-0.1, -0.05) is 43.5 Å². The average molecular weight is 952 g/mol. The fourth-order valence-corrected chi connectivity index (χ4v) is 11.2. The molecule has 14 nitrogen and oxygen atoms in total. The van der Waals surface area contributed by atoms with Crippen LogP contribution in [0.2, 0.25) is 0 Å². The van der Waals surface area contributed by atoms with Gasteiger partial charge in [0.1, 0.15) is 23.5 Å². The molecule has 1 aliphatic carbocycles. The van der Waals surface area contributed by atoms with Gasteiger partial charge >= 0.3 is 0 Å². The zero-order valence-corrected chi connectivity index (χ0v) is 39.3. The van der Waals surface area contributed by atoms with Crippen LogP contribution in [0.1, 0.15) is 101 Å². The molecule has 3 aromatic carbocycles. The van der Waals surface area contributed by atoms with E-state index >= 15 is 8.78 Å². The normalized spacial score (nSPS) is 20.8. The number of benzene rings is 3. The maximum atomic E-state index is 15.2. The highest BCUT2D eigenvalue weighted by atomic mass is 19.1. The maximum Gasteiger partial charge on any atom is 0.272 e. The Labute approximate surface area is 400 Å². The summed E-state index contributed by atoms with van der Waals surface area (Å²) >= 11 is 0. The number of nitrogens with one attached hydrogen (secondary N) is 3. The first-order valence-electron chi connectivity index (χ1n) is 25.0. The van der Waals surface area contributed by atoms with Crippen LogP contribution in [-0.4, -0.2) is 156 Å². The molecule has 0 spiro atoms. The average Bonchev–Trinajstić information content (AvgIpc) is 3.38. The van der Waals surface area contributed by atoms with Gasteiger partial charge in [-0.05, 0) is 111 Å². The van der Waals surface area contributed by atoms with Gasteiger partial charge in [0.25, 0.3) is 17.4 Å². The lowest BCUT2D eigenvalue weighted by atomic mass is 9.83. The molecule has 368 valence electrons. The van der Waals surface area contributed by atoms with Crippen molar-refractivity contribution in [3.05, 3.63) is 110 Å². The van der Waals surface area contributed by atoms with Crippen molar-refractivity contribution in [3.8, 4) is 0 Å². The zero-order valence-electron chi connectivity index (χ0n) is 39.3. The van der Waals surface area contributed by atoms with Crippen LogP contribution in [-0.2, 0) is 16.0 Å². The SMILES string of the molecule is O=C(N[C@@H](C(=O)N1CCN(CC2CCN(CC(=O)N3CCN(C(=O)c4cc(Cc5n[nH]c(=O)c6ccccc56)ccc4F)CC3)CC2)CC1)C1CCCCC1)c1cc(C2CCCNC2)c(F)cc1F. The van der Waals surface area contributed by atoms with Gasteiger partial charge in [-0.2, -0.15) is 5.10 Å². The lowest BCUT2D eigenvalue weighted by molar-refractivity contribution is -0.137. The Kier molecular flexibility index (Phi) is 15.4. The number of aromatic nitrogens is 2. The molecule has 0 bridgehead atoms. The molecule has 5 heterocycles. The molecule has 17 heteroatoms. The summed E-state index contributed by atoms with van der Waals surface area (Å²) in [5.74, 6) is -3.15. The van der Waals surface area contributed by atoms with Crippen molar-refractivity contribution < 1.29 is 32.3 Å². The van der Waals surface area contributed by atoms with Crippen LogP contribution in [0.3, 0.4) is 0 Å². The van der Waals surface area contributed by atoms with Crippen LogP contribution in [0.4, 0.5) is 13.2 Å². The fourth-order valence-electron chi connectivity index (χ4n) is 11.2. The molecule has 4 aliphatic heterocycles. The van der Waals surface area contributed by atoms with Crippen LogP contribution >= 0.6 is 0 Å². The van der Waals surface area contributed by atoms with Crippen molar-refractivity contribution in [3.63, 3.8) is 0 Å². The number of aromatic amines is 1. The molecular formula is C52H64F3N9O5. The van der Waals surface area contributed by atoms with Gasteiger partial charge in [0.05, 0.1) is 28.8 Å². The van der Waals surface area contributed by atoms with Gasteiger partial charge in [0.2, 0.25) is 11.8 Å². The third-order valence-corrected chi connectivity index (χ3v) is 15.3. The summed E-state index contributed by atoms with van der Waals surface area (Å²) in [6, 6.07) is 13.0. The zero-order chi connectivity index (χ0) is 48.0. The third-order valence-electron chi connectivity index (χ3n) is 15.3. The van der Waals surface area contributed by atoms with E-state index in [0.29, 0.717) is 105 Å². The van der Waals surface area contributed by atoms with Crippen LogP contribution in [0, 0.1) is 29.3 Å². The molecule has 1 saturated carbocycles. The Morgan fingerprint density at radius 1 is 0.696 bits per heavy atom. The lowest BCUT2D eigenvalue weighted by Crippen LogP contribution is -2.57. The minimum absolute atomic E-state index is 0.0161. The number of piperidine rings is 2. The number of rotatable bonds is 12. The summed E-state index contributed by atoms with van der Waals surface area (Å²) in [6.07, 6.45) is 8.44. The topological polar surface area (TPSA) is 154 Å². The minimum Gasteiger partial charge on any atom is -0.340 e. The van der Waals surface area contributed by atoms with E-state index in [4.69, 9.17) is 0 Å². The molecule has 4 amide bonds. The van der Waals surface area contributed by atoms with Gasteiger partial charge in [-0.15, -0.1) is 0 Å². The first-order valence-corrected chi connectivity index (χ1v) is 25.0. The van der Waals surface area contributed by atoms with Gasteiger partial charge in [-0.25, -0.2) is 18.3 Å². The summed E-state index contributed by atoms with van der Waals surface area (Å²) in [6.45, 7) is 8.00. The molecule has 1 unspecified atom stereocenters. The summed E-state index contributed by atoms with van der Waals surface area (Å²) in [5, 5.41) is 14.2. The van der Waals surface area contributed by atoms with E-state index in [2.05, 4.69) is 30.6 Å². The van der Waals surface area contributed by atoms with E-state index in [-0.39, 0.29) is 40.3 Å². The number of hydrogen-bond donors (Lipinski definition) is 3. The molecule has 4 aromatic rings. The molecule has 0 radical (unpaired) electrons. The van der Waals surface area contributed by atoms with Crippen molar-refractivity contribution in [2.75, 3.05) is 91.6 Å². The molecule has 69 heavy (non-hydrogen) atoms. The molecule has 5 fully saturated rings. The second-order valence-corrected chi connectivity index (χ2v) is 19.8. The number of H-pyrrole nitrogens is 1. The number of amides is 4. The fraction of sp³-hybridized carbons (Fsp3) is 0.538. The number of carbonyl (C=O) groups is 4. The van der Waals surface area contributed by atoms with Crippen LogP contribution < -0.4 is 16.2 Å². The van der Waals surface area contributed by atoms with Crippen LogP contribution in [0.25, 0.3) is 10.8 Å². The van der Waals surface area contributed by atoms with Crippen LogP contribution in [0.5, 0.6) is 0 Å². The Morgan fingerprint density at radius 3 is 2.13 bits per heavy atom. The Morgan fingerprint density at radius 2 is 1.41 bits per heavy atom. The van der Waals surface area contributed by atoms with E-state index in [1.165, 1.54) is 12.1 Å². The second-order valence-electron chi connectivity index (χ2n) is 19.8. The Hall–Kier alpha value is -5.65. The van der Waals surface area contributed by atoms with Crippen molar-refractivity contribution in [1.82, 2.24) is 45.3 Å². The molecule has 2 atom stereocenters. The van der Waals surface area contributed by atoms with Gasteiger partial charge < -0.3 is 25.3 Å². The number of carbonyl (C=O) groups excluding carboxylic acids is 4. The van der Waals surface area contributed by atoms with Gasteiger partial charge in [-0.3, -0.25) is 33.8 Å².